The first-order valence-electron chi connectivity index (χ1n) is 7.28. The van der Waals surface area contributed by atoms with E-state index in [4.69, 9.17) is 5.73 Å². The van der Waals surface area contributed by atoms with E-state index in [1.807, 2.05) is 0 Å². The van der Waals surface area contributed by atoms with Crippen LogP contribution in [0.25, 0.3) is 11.0 Å². The monoisotopic (exact) mass is 333 g/mol. The number of carbonyl (C=O) groups is 3. The first-order valence-corrected chi connectivity index (χ1v) is 7.28. The Labute approximate surface area is 137 Å². The Bertz CT molecular complexity index is 851. The van der Waals surface area contributed by atoms with Gasteiger partial charge < -0.3 is 16.4 Å². The van der Waals surface area contributed by atoms with Crippen molar-refractivity contribution in [3.63, 3.8) is 0 Å². The van der Waals surface area contributed by atoms with Crippen LogP contribution in [-0.2, 0) is 28.0 Å². The summed E-state index contributed by atoms with van der Waals surface area (Å²) in [5, 5.41) is 4.78. The SMILES string of the molecule is CNC(=O)[C@H](CC(N)=O)NC(=O)Cn1c(=O)n(C)c2ccccc21. The standard InChI is InChI=1S/C15H19N5O4/c1-17-14(23)9(7-12(16)21)18-13(22)8-20-11-6-4-3-5-10(11)19(2)15(20)24/h3-6,9H,7-8H2,1-2H3,(H2,16,21)(H,17,23)(H,18,22)/t9-/m0/s1. The van der Waals surface area contributed by atoms with Crippen LogP contribution in [0.5, 0.6) is 0 Å². The highest BCUT2D eigenvalue weighted by atomic mass is 16.2. The average Bonchev–Trinajstić information content (AvgIpc) is 2.78. The van der Waals surface area contributed by atoms with Gasteiger partial charge in [0.1, 0.15) is 12.6 Å². The molecular formula is C15H19N5O4. The summed E-state index contributed by atoms with van der Waals surface area (Å²) < 4.78 is 2.73. The number of aromatic nitrogens is 2. The van der Waals surface area contributed by atoms with Crippen LogP contribution in [0.3, 0.4) is 0 Å². The first-order chi connectivity index (χ1) is 11.3. The van der Waals surface area contributed by atoms with E-state index < -0.39 is 23.8 Å². The highest BCUT2D eigenvalue weighted by Crippen LogP contribution is 2.11. The van der Waals surface area contributed by atoms with Crippen LogP contribution < -0.4 is 22.1 Å². The van der Waals surface area contributed by atoms with Crippen molar-refractivity contribution < 1.29 is 14.4 Å². The number of fused-ring (bicyclic) bond motifs is 1. The van der Waals surface area contributed by atoms with Crippen molar-refractivity contribution in [3.05, 3.63) is 34.7 Å². The van der Waals surface area contributed by atoms with E-state index >= 15 is 0 Å². The minimum Gasteiger partial charge on any atom is -0.370 e. The fourth-order valence-corrected chi connectivity index (χ4v) is 2.48. The summed E-state index contributed by atoms with van der Waals surface area (Å²) in [6, 6.07) is 5.97. The van der Waals surface area contributed by atoms with Gasteiger partial charge in [-0.25, -0.2) is 4.79 Å². The van der Waals surface area contributed by atoms with Crippen LogP contribution >= 0.6 is 0 Å². The average molecular weight is 333 g/mol. The van der Waals surface area contributed by atoms with Crippen LogP contribution in [0.4, 0.5) is 0 Å². The predicted molar refractivity (Wildman–Crippen MR) is 87.0 cm³/mol. The molecule has 2 aromatic rings. The number of aryl methyl sites for hydroxylation is 1. The van der Waals surface area contributed by atoms with Gasteiger partial charge in [0.2, 0.25) is 17.7 Å². The van der Waals surface area contributed by atoms with Gasteiger partial charge in [0.25, 0.3) is 0 Å². The molecule has 1 atom stereocenters. The number of primary amides is 1. The molecule has 0 bridgehead atoms. The van der Waals surface area contributed by atoms with Crippen LogP contribution in [-0.4, -0.2) is 39.9 Å². The number of nitrogens with two attached hydrogens (primary N) is 1. The Morgan fingerprint density at radius 1 is 1.21 bits per heavy atom. The van der Waals surface area contributed by atoms with Crippen molar-refractivity contribution in [3.8, 4) is 0 Å². The number of nitrogens with zero attached hydrogens (tertiary/aromatic N) is 2. The van der Waals surface area contributed by atoms with E-state index in [-0.39, 0.29) is 18.7 Å². The minimum atomic E-state index is -1.08. The van der Waals surface area contributed by atoms with E-state index in [9.17, 15) is 19.2 Å². The molecule has 4 N–H and O–H groups in total. The Hall–Kier alpha value is -3.10. The number of likely N-dealkylation sites (N-methyl/N-ethyl adjacent to an activating group) is 1. The number of carbonyl (C=O) groups excluding carboxylic acids is 3. The molecule has 24 heavy (non-hydrogen) atoms. The minimum absolute atomic E-state index is 0.271. The normalized spacial score (nSPS) is 11.9. The largest absolute Gasteiger partial charge is 0.370 e. The number of hydrogen-bond donors (Lipinski definition) is 3. The molecule has 3 amide bonds. The van der Waals surface area contributed by atoms with Crippen molar-refractivity contribution in [2.24, 2.45) is 12.8 Å². The summed E-state index contributed by atoms with van der Waals surface area (Å²) >= 11 is 0. The number of benzene rings is 1. The zero-order valence-electron chi connectivity index (χ0n) is 13.4. The maximum absolute atomic E-state index is 12.3. The number of rotatable bonds is 6. The van der Waals surface area contributed by atoms with Gasteiger partial charge in [-0.2, -0.15) is 0 Å². The van der Waals surface area contributed by atoms with Gasteiger partial charge >= 0.3 is 5.69 Å². The zero-order valence-corrected chi connectivity index (χ0v) is 13.4. The maximum Gasteiger partial charge on any atom is 0.329 e. The lowest BCUT2D eigenvalue weighted by atomic mass is 10.2. The third kappa shape index (κ3) is 3.45. The van der Waals surface area contributed by atoms with Crippen LogP contribution in [0.2, 0.25) is 0 Å². The number of imidazole rings is 1. The molecule has 0 aliphatic carbocycles. The highest BCUT2D eigenvalue weighted by Gasteiger charge is 2.22. The molecule has 2 rings (SSSR count). The van der Waals surface area contributed by atoms with E-state index in [0.29, 0.717) is 11.0 Å². The fraction of sp³-hybridized carbons (Fsp3) is 0.333. The van der Waals surface area contributed by atoms with E-state index in [1.54, 1.807) is 31.3 Å². The van der Waals surface area contributed by atoms with Gasteiger partial charge in [0.05, 0.1) is 17.5 Å². The van der Waals surface area contributed by atoms with Crippen molar-refractivity contribution in [1.82, 2.24) is 19.8 Å². The number of nitrogens with one attached hydrogen (secondary N) is 2. The van der Waals surface area contributed by atoms with Crippen LogP contribution in [0, 0.1) is 0 Å². The van der Waals surface area contributed by atoms with E-state index in [0.717, 1.165) is 0 Å². The quantitative estimate of drug-likeness (QED) is 0.591. The highest BCUT2D eigenvalue weighted by molar-refractivity contribution is 5.91. The molecule has 9 heteroatoms. The number of amides is 3. The van der Waals surface area contributed by atoms with Crippen LogP contribution in [0.15, 0.2) is 29.1 Å². The summed E-state index contributed by atoms with van der Waals surface area (Å²) in [5.74, 6) is -1.82. The molecular weight excluding hydrogens is 314 g/mol. The van der Waals surface area contributed by atoms with Gasteiger partial charge in [0, 0.05) is 14.1 Å². The molecule has 0 fully saturated rings. The summed E-state index contributed by atoms with van der Waals surface area (Å²) in [6.07, 6.45) is -0.324. The van der Waals surface area contributed by atoms with E-state index in [1.165, 1.54) is 16.2 Å². The number of para-hydroxylation sites is 2. The maximum atomic E-state index is 12.3. The predicted octanol–water partition coefficient (Wildman–Crippen LogP) is -1.55. The fourth-order valence-electron chi connectivity index (χ4n) is 2.48. The topological polar surface area (TPSA) is 128 Å². The van der Waals surface area contributed by atoms with Crippen molar-refractivity contribution >= 4 is 28.8 Å². The zero-order chi connectivity index (χ0) is 17.9. The summed E-state index contributed by atoms with van der Waals surface area (Å²) in [6.45, 7) is -0.271. The van der Waals surface area contributed by atoms with Crippen molar-refractivity contribution in [1.29, 1.82) is 0 Å². The third-order valence-corrected chi connectivity index (χ3v) is 3.66. The number of hydrogen-bond acceptors (Lipinski definition) is 4. The Kier molecular flexibility index (Phi) is 5.02. The molecule has 9 nitrogen and oxygen atoms in total. The summed E-state index contributed by atoms with van der Waals surface area (Å²) in [7, 11) is 3.00. The smallest absolute Gasteiger partial charge is 0.329 e. The Morgan fingerprint density at radius 2 is 1.83 bits per heavy atom. The second kappa shape index (κ2) is 6.99. The molecule has 1 aromatic carbocycles. The Morgan fingerprint density at radius 3 is 2.42 bits per heavy atom. The molecule has 1 heterocycles. The van der Waals surface area contributed by atoms with Gasteiger partial charge in [0.15, 0.2) is 0 Å². The molecule has 0 saturated heterocycles. The molecule has 0 radical (unpaired) electrons. The second-order valence-corrected chi connectivity index (χ2v) is 5.32. The lowest BCUT2D eigenvalue weighted by Gasteiger charge is -2.15. The lowest BCUT2D eigenvalue weighted by Crippen LogP contribution is -2.49. The third-order valence-electron chi connectivity index (χ3n) is 3.66. The first kappa shape index (κ1) is 17.3. The molecule has 0 aliphatic heterocycles. The molecule has 128 valence electrons. The molecule has 1 aromatic heterocycles. The Balaban J connectivity index is 2.23. The summed E-state index contributed by atoms with van der Waals surface area (Å²) in [5.41, 5.74) is 6.03. The van der Waals surface area contributed by atoms with E-state index in [2.05, 4.69) is 10.6 Å². The molecule has 0 unspecified atom stereocenters. The van der Waals surface area contributed by atoms with Gasteiger partial charge in [-0.05, 0) is 12.1 Å². The second-order valence-electron chi connectivity index (χ2n) is 5.32. The van der Waals surface area contributed by atoms with Gasteiger partial charge in [-0.3, -0.25) is 23.5 Å². The van der Waals surface area contributed by atoms with Crippen LogP contribution in [0.1, 0.15) is 6.42 Å². The molecule has 0 aliphatic rings. The molecule has 0 spiro atoms. The lowest BCUT2D eigenvalue weighted by molar-refractivity contribution is -0.131. The van der Waals surface area contributed by atoms with Gasteiger partial charge in [-0.1, -0.05) is 12.1 Å². The van der Waals surface area contributed by atoms with Gasteiger partial charge in [-0.15, -0.1) is 0 Å². The van der Waals surface area contributed by atoms with Crippen molar-refractivity contribution in [2.45, 2.75) is 19.0 Å². The molecule has 0 saturated carbocycles. The van der Waals surface area contributed by atoms with Crippen molar-refractivity contribution in [2.75, 3.05) is 7.05 Å². The summed E-state index contributed by atoms with van der Waals surface area (Å²) in [4.78, 5) is 47.2.